The molecule has 0 fully saturated rings. The van der Waals surface area contributed by atoms with Crippen molar-refractivity contribution >= 4 is 22.1 Å². The molecule has 1 amide bonds. The van der Waals surface area contributed by atoms with Crippen LogP contribution in [0.5, 0.6) is 0 Å². The van der Waals surface area contributed by atoms with Gasteiger partial charge < -0.3 is 10.4 Å². The fourth-order valence-electron chi connectivity index (χ4n) is 1.35. The summed E-state index contributed by atoms with van der Waals surface area (Å²) in [5, 5.41) is 11.4. The quantitative estimate of drug-likeness (QED) is 0.539. The molecule has 8 nitrogen and oxygen atoms in total. The first-order chi connectivity index (χ1) is 8.58. The number of carboxylic acid groups (broad SMARTS) is 1. The second-order valence-corrected chi connectivity index (χ2v) is 6.04. The Labute approximate surface area is 113 Å². The summed E-state index contributed by atoms with van der Waals surface area (Å²) >= 11 is 0. The fraction of sp³-hybridized carbons (Fsp3) is 0.800. The molecule has 9 heteroatoms. The van der Waals surface area contributed by atoms with Gasteiger partial charge in [-0.1, -0.05) is 0 Å². The summed E-state index contributed by atoms with van der Waals surface area (Å²) in [6, 6.07) is -1.57. The van der Waals surface area contributed by atoms with Crippen molar-refractivity contribution in [1.29, 1.82) is 0 Å². The Morgan fingerprint density at radius 1 is 1.26 bits per heavy atom. The molecular formula is C10H21N3O5S. The number of carbonyl (C=O) groups is 2. The van der Waals surface area contributed by atoms with E-state index in [0.29, 0.717) is 0 Å². The zero-order chi connectivity index (χ0) is 15.2. The van der Waals surface area contributed by atoms with Gasteiger partial charge in [0.25, 0.3) is 10.2 Å². The zero-order valence-electron chi connectivity index (χ0n) is 11.5. The highest BCUT2D eigenvalue weighted by atomic mass is 32.2. The van der Waals surface area contributed by atoms with Gasteiger partial charge in [-0.15, -0.1) is 0 Å². The number of amides is 1. The topological polar surface area (TPSA) is 116 Å². The van der Waals surface area contributed by atoms with Gasteiger partial charge in [-0.3, -0.25) is 9.59 Å². The van der Waals surface area contributed by atoms with Crippen LogP contribution in [0, 0.1) is 0 Å². The van der Waals surface area contributed by atoms with Crippen molar-refractivity contribution in [1.82, 2.24) is 14.3 Å². The van der Waals surface area contributed by atoms with Crippen LogP contribution in [-0.4, -0.2) is 54.9 Å². The SMILES string of the molecule is CC(=O)NCCN(C(C)C(=O)O)S(=O)(=O)NC(C)C. The molecule has 1 unspecified atom stereocenters. The zero-order valence-corrected chi connectivity index (χ0v) is 12.3. The predicted octanol–water partition coefficient (Wildman–Crippen LogP) is -0.860. The summed E-state index contributed by atoms with van der Waals surface area (Å²) in [4.78, 5) is 21.7. The van der Waals surface area contributed by atoms with Crippen LogP contribution in [0.25, 0.3) is 0 Å². The number of rotatable bonds is 8. The smallest absolute Gasteiger partial charge is 0.321 e. The number of hydrogen-bond donors (Lipinski definition) is 3. The van der Waals surface area contributed by atoms with Crippen molar-refractivity contribution in [2.75, 3.05) is 13.1 Å². The minimum Gasteiger partial charge on any atom is -0.480 e. The van der Waals surface area contributed by atoms with E-state index in [1.54, 1.807) is 13.8 Å². The molecule has 0 aromatic carbocycles. The Kier molecular flexibility index (Phi) is 6.95. The van der Waals surface area contributed by atoms with E-state index in [0.717, 1.165) is 4.31 Å². The van der Waals surface area contributed by atoms with Crippen molar-refractivity contribution in [3.8, 4) is 0 Å². The molecule has 0 aromatic heterocycles. The van der Waals surface area contributed by atoms with Crippen LogP contribution in [0.4, 0.5) is 0 Å². The molecule has 0 saturated heterocycles. The Bertz CT molecular complexity index is 421. The van der Waals surface area contributed by atoms with Gasteiger partial charge >= 0.3 is 5.97 Å². The molecule has 0 saturated carbocycles. The largest absolute Gasteiger partial charge is 0.480 e. The number of nitrogens with one attached hydrogen (secondary N) is 2. The average Bonchev–Trinajstić information content (AvgIpc) is 2.20. The predicted molar refractivity (Wildman–Crippen MR) is 69.7 cm³/mol. The third-order valence-electron chi connectivity index (χ3n) is 2.19. The minimum atomic E-state index is -3.91. The van der Waals surface area contributed by atoms with Crippen molar-refractivity contribution < 1.29 is 23.1 Å². The molecule has 0 bridgehead atoms. The van der Waals surface area contributed by atoms with Gasteiger partial charge in [0.2, 0.25) is 5.91 Å². The lowest BCUT2D eigenvalue weighted by atomic mass is 10.3. The van der Waals surface area contributed by atoms with Crippen molar-refractivity contribution in [2.45, 2.75) is 39.8 Å². The van der Waals surface area contributed by atoms with E-state index in [9.17, 15) is 18.0 Å². The third-order valence-corrected chi connectivity index (χ3v) is 4.07. The number of nitrogens with zero attached hydrogens (tertiary/aromatic N) is 1. The van der Waals surface area contributed by atoms with Gasteiger partial charge in [0.05, 0.1) is 0 Å². The molecule has 1 atom stereocenters. The van der Waals surface area contributed by atoms with E-state index < -0.39 is 22.2 Å². The normalized spacial score (nSPS) is 13.6. The monoisotopic (exact) mass is 295 g/mol. The average molecular weight is 295 g/mol. The Morgan fingerprint density at radius 3 is 2.16 bits per heavy atom. The van der Waals surface area contributed by atoms with Gasteiger partial charge in [0.15, 0.2) is 0 Å². The fourth-order valence-corrected chi connectivity index (χ4v) is 2.92. The summed E-state index contributed by atoms with van der Waals surface area (Å²) < 4.78 is 27.1. The maximum atomic E-state index is 12.0. The first-order valence-electron chi connectivity index (χ1n) is 5.84. The van der Waals surface area contributed by atoms with E-state index in [-0.39, 0.29) is 25.0 Å². The number of carboxylic acids is 1. The lowest BCUT2D eigenvalue weighted by molar-refractivity contribution is -0.140. The first-order valence-corrected chi connectivity index (χ1v) is 7.28. The summed E-state index contributed by atoms with van der Waals surface area (Å²) in [6.45, 7) is 5.77. The second kappa shape index (κ2) is 7.41. The molecule has 0 heterocycles. The maximum absolute atomic E-state index is 12.0. The molecule has 0 spiro atoms. The molecule has 3 N–H and O–H groups in total. The summed E-state index contributed by atoms with van der Waals surface area (Å²) in [5.74, 6) is -1.56. The highest BCUT2D eigenvalue weighted by Gasteiger charge is 2.31. The van der Waals surface area contributed by atoms with E-state index in [4.69, 9.17) is 5.11 Å². The van der Waals surface area contributed by atoms with Crippen LogP contribution >= 0.6 is 0 Å². The molecule has 0 radical (unpaired) electrons. The van der Waals surface area contributed by atoms with Crippen LogP contribution in [0.1, 0.15) is 27.7 Å². The first kappa shape index (κ1) is 17.8. The summed E-state index contributed by atoms with van der Waals surface area (Å²) in [6.07, 6.45) is 0. The van der Waals surface area contributed by atoms with E-state index in [1.165, 1.54) is 13.8 Å². The van der Waals surface area contributed by atoms with Gasteiger partial charge in [0.1, 0.15) is 6.04 Å². The molecule has 0 rings (SSSR count). The minimum absolute atomic E-state index is 0.0476. The lowest BCUT2D eigenvalue weighted by Gasteiger charge is -2.26. The van der Waals surface area contributed by atoms with Crippen molar-refractivity contribution in [3.63, 3.8) is 0 Å². The third kappa shape index (κ3) is 6.50. The second-order valence-electron chi connectivity index (χ2n) is 4.39. The Balaban J connectivity index is 4.95. The molecule has 0 aliphatic heterocycles. The van der Waals surface area contributed by atoms with Gasteiger partial charge in [-0.05, 0) is 20.8 Å². The highest BCUT2D eigenvalue weighted by Crippen LogP contribution is 2.06. The molecule has 0 aliphatic carbocycles. The van der Waals surface area contributed by atoms with E-state index in [1.807, 2.05) is 0 Å². The molecule has 0 aromatic rings. The number of carbonyl (C=O) groups excluding carboxylic acids is 1. The number of aliphatic carboxylic acids is 1. The van der Waals surface area contributed by atoms with Crippen LogP contribution in [0.2, 0.25) is 0 Å². The standard InChI is InChI=1S/C10H21N3O5S/c1-7(2)12-19(17,18)13(8(3)10(15)16)6-5-11-9(4)14/h7-8,12H,5-6H2,1-4H3,(H,11,14)(H,15,16). The number of hydrogen-bond acceptors (Lipinski definition) is 4. The molecule has 112 valence electrons. The Morgan fingerprint density at radius 2 is 1.79 bits per heavy atom. The van der Waals surface area contributed by atoms with Crippen molar-refractivity contribution in [3.05, 3.63) is 0 Å². The van der Waals surface area contributed by atoms with E-state index >= 15 is 0 Å². The Hall–Kier alpha value is -1.19. The summed E-state index contributed by atoms with van der Waals surface area (Å²) in [5.41, 5.74) is 0. The molecule has 19 heavy (non-hydrogen) atoms. The molecule has 0 aliphatic rings. The van der Waals surface area contributed by atoms with Gasteiger partial charge in [-0.25, -0.2) is 0 Å². The van der Waals surface area contributed by atoms with Gasteiger partial charge in [-0.2, -0.15) is 17.4 Å². The maximum Gasteiger partial charge on any atom is 0.321 e. The van der Waals surface area contributed by atoms with Gasteiger partial charge in [0, 0.05) is 26.1 Å². The van der Waals surface area contributed by atoms with Crippen LogP contribution in [-0.2, 0) is 19.8 Å². The lowest BCUT2D eigenvalue weighted by Crippen LogP contribution is -2.52. The van der Waals surface area contributed by atoms with Crippen molar-refractivity contribution in [2.24, 2.45) is 0 Å². The highest BCUT2D eigenvalue weighted by molar-refractivity contribution is 7.87. The van der Waals surface area contributed by atoms with Crippen LogP contribution in [0.15, 0.2) is 0 Å². The van der Waals surface area contributed by atoms with Crippen LogP contribution < -0.4 is 10.0 Å². The van der Waals surface area contributed by atoms with E-state index in [2.05, 4.69) is 10.0 Å². The van der Waals surface area contributed by atoms with Crippen LogP contribution in [0.3, 0.4) is 0 Å². The molecular weight excluding hydrogens is 274 g/mol. The summed E-state index contributed by atoms with van der Waals surface area (Å²) in [7, 11) is -3.91.